The van der Waals surface area contributed by atoms with E-state index in [4.69, 9.17) is 4.99 Å². The van der Waals surface area contributed by atoms with Crippen molar-refractivity contribution in [3.63, 3.8) is 0 Å². The fourth-order valence-corrected chi connectivity index (χ4v) is 6.04. The molecular weight excluding hydrogens is 318 g/mol. The van der Waals surface area contributed by atoms with Crippen LogP contribution in [0.3, 0.4) is 0 Å². The summed E-state index contributed by atoms with van der Waals surface area (Å²) >= 11 is 2.02. The second-order valence-electron chi connectivity index (χ2n) is 7.38. The number of guanidine groups is 1. The van der Waals surface area contributed by atoms with E-state index in [-0.39, 0.29) is 10.7 Å². The Balaban J connectivity index is 1.65. The van der Waals surface area contributed by atoms with Gasteiger partial charge >= 0.3 is 0 Å². The zero-order chi connectivity index (χ0) is 15.8. The van der Waals surface area contributed by atoms with Crippen LogP contribution in [0.5, 0.6) is 0 Å². The number of thioether (sulfide) groups is 1. The van der Waals surface area contributed by atoms with Crippen molar-refractivity contribution in [2.75, 3.05) is 36.9 Å². The molecule has 2 heterocycles. The van der Waals surface area contributed by atoms with E-state index in [9.17, 15) is 8.42 Å². The highest BCUT2D eigenvalue weighted by molar-refractivity contribution is 8.00. The number of nitrogens with zero attached hydrogens (tertiary/aromatic N) is 2. The summed E-state index contributed by atoms with van der Waals surface area (Å²) in [6.07, 6.45) is 3.22. The van der Waals surface area contributed by atoms with Gasteiger partial charge in [-0.25, -0.2) is 8.42 Å². The van der Waals surface area contributed by atoms with Crippen LogP contribution in [0, 0.1) is 5.92 Å². The molecule has 1 saturated carbocycles. The Morgan fingerprint density at radius 2 is 2.14 bits per heavy atom. The fraction of sp³-hybridized carbons (Fsp3) is 0.933. The fourth-order valence-electron chi connectivity index (χ4n) is 3.08. The summed E-state index contributed by atoms with van der Waals surface area (Å²) in [4.78, 5) is 7.16. The maximum Gasteiger partial charge on any atom is 0.194 e. The first-order valence-electron chi connectivity index (χ1n) is 8.23. The van der Waals surface area contributed by atoms with E-state index in [0.717, 1.165) is 31.2 Å². The van der Waals surface area contributed by atoms with Gasteiger partial charge in [-0.1, -0.05) is 0 Å². The van der Waals surface area contributed by atoms with Crippen molar-refractivity contribution < 1.29 is 8.42 Å². The second-order valence-corrected chi connectivity index (χ2v) is 11.4. The highest BCUT2D eigenvalue weighted by atomic mass is 32.2. The first-order valence-corrected chi connectivity index (χ1v) is 11.0. The standard InChI is InChI=1S/C15H27N3O2S2/c1-15(2)11-18(6-7-21-15)14(17-13-3-4-13)16-9-12-5-8-22(19,20)10-12/h12-13H,3-11H2,1-2H3,(H,16,17). The maximum absolute atomic E-state index is 11.6. The van der Waals surface area contributed by atoms with Gasteiger partial charge in [0.25, 0.3) is 0 Å². The predicted octanol–water partition coefficient (Wildman–Crippen LogP) is 1.36. The van der Waals surface area contributed by atoms with Gasteiger partial charge in [-0.2, -0.15) is 11.8 Å². The van der Waals surface area contributed by atoms with Crippen molar-refractivity contribution in [1.29, 1.82) is 0 Å². The lowest BCUT2D eigenvalue weighted by atomic mass is 10.1. The Kier molecular flexibility index (Phi) is 4.65. The molecule has 0 spiro atoms. The predicted molar refractivity (Wildman–Crippen MR) is 93.3 cm³/mol. The van der Waals surface area contributed by atoms with Crippen LogP contribution in [0.1, 0.15) is 33.1 Å². The zero-order valence-electron chi connectivity index (χ0n) is 13.5. The van der Waals surface area contributed by atoms with Gasteiger partial charge in [0.1, 0.15) is 0 Å². The van der Waals surface area contributed by atoms with Gasteiger partial charge in [-0.15, -0.1) is 0 Å². The first kappa shape index (κ1) is 16.4. The first-order chi connectivity index (χ1) is 10.3. The summed E-state index contributed by atoms with van der Waals surface area (Å²) in [6.45, 7) is 7.22. The van der Waals surface area contributed by atoms with Crippen LogP contribution < -0.4 is 5.32 Å². The Bertz CT molecular complexity index is 541. The molecule has 1 unspecified atom stereocenters. The van der Waals surface area contributed by atoms with Crippen molar-refractivity contribution in [2.24, 2.45) is 10.9 Å². The molecule has 1 aliphatic carbocycles. The molecular formula is C15H27N3O2S2. The molecule has 3 aliphatic rings. The minimum absolute atomic E-state index is 0.202. The van der Waals surface area contributed by atoms with Gasteiger partial charge in [0.2, 0.25) is 0 Å². The summed E-state index contributed by atoms with van der Waals surface area (Å²) in [7, 11) is -2.80. The molecule has 2 saturated heterocycles. The van der Waals surface area contributed by atoms with Crippen LogP contribution in [0.15, 0.2) is 4.99 Å². The van der Waals surface area contributed by atoms with Gasteiger partial charge in [-0.3, -0.25) is 4.99 Å². The van der Waals surface area contributed by atoms with E-state index in [1.54, 1.807) is 0 Å². The smallest absolute Gasteiger partial charge is 0.194 e. The van der Waals surface area contributed by atoms with Crippen LogP contribution >= 0.6 is 11.8 Å². The highest BCUT2D eigenvalue weighted by Gasteiger charge is 2.32. The Morgan fingerprint density at radius 1 is 1.36 bits per heavy atom. The molecule has 0 aromatic rings. The van der Waals surface area contributed by atoms with Gasteiger partial charge < -0.3 is 10.2 Å². The summed E-state index contributed by atoms with van der Waals surface area (Å²) < 4.78 is 23.4. The number of aliphatic imine (C=N–C) groups is 1. The van der Waals surface area contributed by atoms with E-state index in [1.165, 1.54) is 12.8 Å². The molecule has 22 heavy (non-hydrogen) atoms. The number of hydrogen-bond donors (Lipinski definition) is 1. The van der Waals surface area contributed by atoms with Crippen LogP contribution in [0.4, 0.5) is 0 Å². The lowest BCUT2D eigenvalue weighted by Gasteiger charge is -2.39. The molecule has 7 heteroatoms. The maximum atomic E-state index is 11.6. The van der Waals surface area contributed by atoms with Crippen molar-refractivity contribution >= 4 is 27.6 Å². The topological polar surface area (TPSA) is 61.8 Å². The van der Waals surface area contributed by atoms with E-state index < -0.39 is 9.84 Å². The van der Waals surface area contributed by atoms with Gasteiger partial charge in [0.15, 0.2) is 15.8 Å². The van der Waals surface area contributed by atoms with Crippen molar-refractivity contribution in [1.82, 2.24) is 10.2 Å². The molecule has 1 N–H and O–H groups in total. The Hall–Kier alpha value is -0.430. The van der Waals surface area contributed by atoms with Crippen molar-refractivity contribution in [2.45, 2.75) is 43.9 Å². The molecule has 5 nitrogen and oxygen atoms in total. The monoisotopic (exact) mass is 345 g/mol. The summed E-state index contributed by atoms with van der Waals surface area (Å²) in [5, 5.41) is 3.56. The third-order valence-electron chi connectivity index (χ3n) is 4.46. The molecule has 3 fully saturated rings. The molecule has 0 bridgehead atoms. The van der Waals surface area contributed by atoms with Gasteiger partial charge in [0, 0.05) is 36.2 Å². The lowest BCUT2D eigenvalue weighted by Crippen LogP contribution is -2.51. The summed E-state index contributed by atoms with van der Waals surface area (Å²) in [5.41, 5.74) is 0. The van der Waals surface area contributed by atoms with E-state index in [1.807, 2.05) is 11.8 Å². The van der Waals surface area contributed by atoms with Crippen LogP contribution in [0.2, 0.25) is 0 Å². The quantitative estimate of drug-likeness (QED) is 0.618. The average Bonchev–Trinajstić information content (AvgIpc) is 3.16. The molecule has 126 valence electrons. The van der Waals surface area contributed by atoms with Crippen molar-refractivity contribution in [3.8, 4) is 0 Å². The summed E-state index contributed by atoms with van der Waals surface area (Å²) in [6, 6.07) is 0.573. The van der Waals surface area contributed by atoms with Crippen LogP contribution in [-0.2, 0) is 9.84 Å². The number of hydrogen-bond acceptors (Lipinski definition) is 4. The molecule has 0 radical (unpaired) electrons. The number of sulfone groups is 1. The molecule has 2 aliphatic heterocycles. The van der Waals surface area contributed by atoms with E-state index in [0.29, 0.717) is 24.1 Å². The van der Waals surface area contributed by atoms with Gasteiger partial charge in [-0.05, 0) is 39.0 Å². The lowest BCUT2D eigenvalue weighted by molar-refractivity contribution is 0.373. The number of rotatable bonds is 3. The normalized spacial score (nSPS) is 31.3. The molecule has 3 rings (SSSR count). The minimum atomic E-state index is -2.80. The van der Waals surface area contributed by atoms with Gasteiger partial charge in [0.05, 0.1) is 11.5 Å². The van der Waals surface area contributed by atoms with E-state index in [2.05, 4.69) is 24.1 Å². The molecule has 0 aromatic carbocycles. The SMILES string of the molecule is CC1(C)CN(C(=NCC2CCS(=O)(=O)C2)NC2CC2)CCS1. The number of nitrogens with one attached hydrogen (secondary N) is 1. The second kappa shape index (κ2) is 6.23. The largest absolute Gasteiger partial charge is 0.354 e. The van der Waals surface area contributed by atoms with Crippen LogP contribution in [0.25, 0.3) is 0 Å². The Morgan fingerprint density at radius 3 is 2.73 bits per heavy atom. The molecule has 0 aromatic heterocycles. The third kappa shape index (κ3) is 4.54. The third-order valence-corrected chi connectivity index (χ3v) is 7.60. The molecule has 0 amide bonds. The van der Waals surface area contributed by atoms with Crippen LogP contribution in [-0.4, -0.2) is 67.0 Å². The highest BCUT2D eigenvalue weighted by Crippen LogP contribution is 2.30. The van der Waals surface area contributed by atoms with Crippen molar-refractivity contribution in [3.05, 3.63) is 0 Å². The average molecular weight is 346 g/mol. The zero-order valence-corrected chi connectivity index (χ0v) is 15.2. The van der Waals surface area contributed by atoms with E-state index >= 15 is 0 Å². The molecule has 1 atom stereocenters. The summed E-state index contributed by atoms with van der Waals surface area (Å²) in [5.74, 6) is 2.98. The minimum Gasteiger partial charge on any atom is -0.354 e. The Labute approximate surface area is 138 Å².